The molecule has 0 aromatic rings. The van der Waals surface area contributed by atoms with Gasteiger partial charge in [0.05, 0.1) is 0 Å². The van der Waals surface area contributed by atoms with Crippen molar-refractivity contribution in [2.24, 2.45) is 11.3 Å². The highest BCUT2D eigenvalue weighted by Crippen LogP contribution is 2.45. The molecule has 1 fully saturated rings. The second-order valence-electron chi connectivity index (χ2n) is 7.09. The highest BCUT2D eigenvalue weighted by Gasteiger charge is 2.36. The van der Waals surface area contributed by atoms with Gasteiger partial charge in [0.25, 0.3) is 0 Å². The SMILES string of the molecule is CCCC(CCC(C)(C)F)C(=O)/C=C(\O)C1(C)CCC1. The fourth-order valence-electron chi connectivity index (χ4n) is 2.68. The zero-order valence-electron chi connectivity index (χ0n) is 13.3. The van der Waals surface area contributed by atoms with Crippen molar-refractivity contribution in [3.8, 4) is 0 Å². The zero-order chi connectivity index (χ0) is 15.4. The van der Waals surface area contributed by atoms with Crippen molar-refractivity contribution in [1.82, 2.24) is 0 Å². The Labute approximate surface area is 122 Å². The molecule has 116 valence electrons. The molecule has 20 heavy (non-hydrogen) atoms. The normalized spacial score (nSPS) is 20.4. The zero-order valence-corrected chi connectivity index (χ0v) is 13.3. The van der Waals surface area contributed by atoms with Crippen LogP contribution < -0.4 is 0 Å². The molecule has 1 rings (SSSR count). The third kappa shape index (κ3) is 4.92. The van der Waals surface area contributed by atoms with Crippen LogP contribution in [0.15, 0.2) is 11.8 Å². The van der Waals surface area contributed by atoms with E-state index in [4.69, 9.17) is 0 Å². The first kappa shape index (κ1) is 17.2. The van der Waals surface area contributed by atoms with E-state index in [1.54, 1.807) is 13.8 Å². The Kier molecular flexibility index (Phi) is 5.79. The molecule has 3 heteroatoms. The standard InChI is InChI=1S/C17H29FO2/c1-5-7-13(8-11-16(2,3)18)14(19)12-15(20)17(4)9-6-10-17/h12-13,20H,5-11H2,1-4H3/b15-12-. The highest BCUT2D eigenvalue weighted by molar-refractivity contribution is 5.92. The van der Waals surface area contributed by atoms with E-state index in [9.17, 15) is 14.3 Å². The lowest BCUT2D eigenvalue weighted by molar-refractivity contribution is -0.119. The first-order valence-electron chi connectivity index (χ1n) is 7.82. The van der Waals surface area contributed by atoms with Crippen molar-refractivity contribution in [3.05, 3.63) is 11.8 Å². The van der Waals surface area contributed by atoms with Gasteiger partial charge < -0.3 is 5.11 Å². The molecule has 0 aliphatic heterocycles. The van der Waals surface area contributed by atoms with Crippen LogP contribution in [0.5, 0.6) is 0 Å². The van der Waals surface area contributed by atoms with Gasteiger partial charge in [0.15, 0.2) is 5.78 Å². The van der Waals surface area contributed by atoms with Crippen molar-refractivity contribution in [3.63, 3.8) is 0 Å². The van der Waals surface area contributed by atoms with E-state index in [2.05, 4.69) is 0 Å². The minimum absolute atomic E-state index is 0.0401. The van der Waals surface area contributed by atoms with E-state index >= 15 is 0 Å². The van der Waals surface area contributed by atoms with Crippen molar-refractivity contribution in [2.45, 2.75) is 78.3 Å². The largest absolute Gasteiger partial charge is 0.512 e. The number of rotatable bonds is 8. The van der Waals surface area contributed by atoms with Gasteiger partial charge in [-0.15, -0.1) is 0 Å². The number of ketones is 1. The summed E-state index contributed by atoms with van der Waals surface area (Å²) >= 11 is 0. The summed E-state index contributed by atoms with van der Waals surface area (Å²) < 4.78 is 13.6. The van der Waals surface area contributed by atoms with Crippen molar-refractivity contribution < 1.29 is 14.3 Å². The lowest BCUT2D eigenvalue weighted by Crippen LogP contribution is -2.29. The maximum Gasteiger partial charge on any atom is 0.162 e. The number of allylic oxidation sites excluding steroid dienone is 2. The van der Waals surface area contributed by atoms with Crippen LogP contribution in [0, 0.1) is 11.3 Å². The minimum atomic E-state index is -1.24. The van der Waals surface area contributed by atoms with E-state index in [0.717, 1.165) is 32.1 Å². The van der Waals surface area contributed by atoms with E-state index in [0.29, 0.717) is 12.8 Å². The summed E-state index contributed by atoms with van der Waals surface area (Å²) in [7, 11) is 0. The quantitative estimate of drug-likeness (QED) is 0.495. The molecule has 0 amide bonds. The fraction of sp³-hybridized carbons (Fsp3) is 0.824. The number of aliphatic hydroxyl groups excluding tert-OH is 1. The number of carbonyl (C=O) groups is 1. The summed E-state index contributed by atoms with van der Waals surface area (Å²) in [6.07, 6.45) is 7.00. The number of halogens is 1. The van der Waals surface area contributed by atoms with Crippen molar-refractivity contribution >= 4 is 5.78 Å². The molecule has 0 radical (unpaired) electrons. The summed E-state index contributed by atoms with van der Waals surface area (Å²) in [5.74, 6) is 0.0111. The molecule has 0 spiro atoms. The summed E-state index contributed by atoms with van der Waals surface area (Å²) in [6, 6.07) is 0. The number of carbonyl (C=O) groups excluding carboxylic acids is 1. The Morgan fingerprint density at radius 1 is 1.40 bits per heavy atom. The molecule has 0 bridgehead atoms. The lowest BCUT2D eigenvalue weighted by Gasteiger charge is -2.37. The Morgan fingerprint density at radius 2 is 2.00 bits per heavy atom. The Balaban J connectivity index is 2.66. The van der Waals surface area contributed by atoms with Gasteiger partial charge in [-0.1, -0.05) is 26.7 Å². The maximum absolute atomic E-state index is 13.6. The van der Waals surface area contributed by atoms with E-state index in [1.165, 1.54) is 6.08 Å². The van der Waals surface area contributed by atoms with Crippen LogP contribution in [-0.2, 0) is 4.79 Å². The number of aliphatic hydroxyl groups is 1. The van der Waals surface area contributed by atoms with Gasteiger partial charge >= 0.3 is 0 Å². The first-order valence-corrected chi connectivity index (χ1v) is 7.82. The van der Waals surface area contributed by atoms with Crippen molar-refractivity contribution in [1.29, 1.82) is 0 Å². The average molecular weight is 284 g/mol. The predicted octanol–water partition coefficient (Wildman–Crippen LogP) is 5.13. The molecule has 1 saturated carbocycles. The third-order valence-electron chi connectivity index (χ3n) is 4.48. The highest BCUT2D eigenvalue weighted by atomic mass is 19.1. The topological polar surface area (TPSA) is 37.3 Å². The first-order chi connectivity index (χ1) is 9.18. The van der Waals surface area contributed by atoms with E-state index < -0.39 is 5.67 Å². The number of hydrogen-bond acceptors (Lipinski definition) is 2. The lowest BCUT2D eigenvalue weighted by atomic mass is 9.68. The van der Waals surface area contributed by atoms with Gasteiger partial charge in [-0.05, 0) is 46.0 Å². The Hall–Kier alpha value is -0.860. The van der Waals surface area contributed by atoms with Crippen LogP contribution in [0.2, 0.25) is 0 Å². The predicted molar refractivity (Wildman–Crippen MR) is 80.5 cm³/mol. The fourth-order valence-corrected chi connectivity index (χ4v) is 2.68. The van der Waals surface area contributed by atoms with Crippen LogP contribution in [0.1, 0.15) is 72.6 Å². The number of hydrogen-bond donors (Lipinski definition) is 1. The Bertz CT molecular complexity index is 362. The second-order valence-corrected chi connectivity index (χ2v) is 7.09. The molecule has 0 heterocycles. The molecule has 1 unspecified atom stereocenters. The van der Waals surface area contributed by atoms with Gasteiger partial charge in [-0.3, -0.25) is 4.79 Å². The van der Waals surface area contributed by atoms with Gasteiger partial charge in [0, 0.05) is 17.4 Å². The van der Waals surface area contributed by atoms with Crippen LogP contribution in [-0.4, -0.2) is 16.6 Å². The summed E-state index contributed by atoms with van der Waals surface area (Å²) in [5, 5.41) is 10.1. The second kappa shape index (κ2) is 6.73. The minimum Gasteiger partial charge on any atom is -0.512 e. The van der Waals surface area contributed by atoms with Gasteiger partial charge in [0.2, 0.25) is 0 Å². The maximum atomic E-state index is 13.6. The van der Waals surface area contributed by atoms with Crippen molar-refractivity contribution in [2.75, 3.05) is 0 Å². The molecule has 0 aromatic carbocycles. The van der Waals surface area contributed by atoms with Gasteiger partial charge in [-0.25, -0.2) is 4.39 Å². The summed E-state index contributed by atoms with van der Waals surface area (Å²) in [5.41, 5.74) is -1.44. The molecule has 1 aliphatic carbocycles. The molecule has 1 N–H and O–H groups in total. The van der Waals surface area contributed by atoms with E-state index in [-0.39, 0.29) is 22.9 Å². The van der Waals surface area contributed by atoms with E-state index in [1.807, 2.05) is 13.8 Å². The molecule has 2 nitrogen and oxygen atoms in total. The molecule has 1 atom stereocenters. The van der Waals surface area contributed by atoms with Crippen LogP contribution in [0.3, 0.4) is 0 Å². The van der Waals surface area contributed by atoms with Gasteiger partial charge in [-0.2, -0.15) is 0 Å². The smallest absolute Gasteiger partial charge is 0.162 e. The van der Waals surface area contributed by atoms with Crippen LogP contribution in [0.25, 0.3) is 0 Å². The summed E-state index contributed by atoms with van der Waals surface area (Å²) in [4.78, 5) is 12.3. The Morgan fingerprint density at radius 3 is 2.40 bits per heavy atom. The summed E-state index contributed by atoms with van der Waals surface area (Å²) in [6.45, 7) is 7.11. The molecule has 0 saturated heterocycles. The molecular formula is C17H29FO2. The monoisotopic (exact) mass is 284 g/mol. The average Bonchev–Trinajstić information content (AvgIpc) is 2.29. The molecule has 0 aromatic heterocycles. The van der Waals surface area contributed by atoms with Crippen LogP contribution >= 0.6 is 0 Å². The van der Waals surface area contributed by atoms with Crippen LogP contribution in [0.4, 0.5) is 4.39 Å². The number of alkyl halides is 1. The van der Waals surface area contributed by atoms with Gasteiger partial charge in [0.1, 0.15) is 11.4 Å². The molecule has 1 aliphatic rings. The molecular weight excluding hydrogens is 255 g/mol. The third-order valence-corrected chi connectivity index (χ3v) is 4.48.